The molecule has 0 radical (unpaired) electrons. The summed E-state index contributed by atoms with van der Waals surface area (Å²) in [5, 5.41) is 8.12. The molecule has 7 aromatic carbocycles. The molecule has 3 nitrogen and oxygen atoms in total. The van der Waals surface area contributed by atoms with Crippen molar-refractivity contribution in [1.82, 2.24) is 9.97 Å². The van der Waals surface area contributed by atoms with Crippen LogP contribution >= 0.6 is 0 Å². The Morgan fingerprint density at radius 3 is 2.12 bits per heavy atom. The number of fused-ring (bicyclic) bond motifs is 7. The molecular weight excluding hydrogens is 597 g/mol. The van der Waals surface area contributed by atoms with Crippen molar-refractivity contribution >= 4 is 60.0 Å². The van der Waals surface area contributed by atoms with Crippen LogP contribution in [0.3, 0.4) is 0 Å². The van der Waals surface area contributed by atoms with Crippen molar-refractivity contribution in [3.63, 3.8) is 0 Å². The zero-order chi connectivity index (χ0) is 32.3. The van der Waals surface area contributed by atoms with E-state index in [1.807, 2.05) is 6.07 Å². The number of allylic oxidation sites excluding steroid dienone is 4. The van der Waals surface area contributed by atoms with Gasteiger partial charge in [-0.2, -0.15) is 0 Å². The molecule has 1 aliphatic carbocycles. The van der Waals surface area contributed by atoms with E-state index in [2.05, 4.69) is 152 Å². The molecule has 1 aliphatic rings. The van der Waals surface area contributed by atoms with Gasteiger partial charge in [0.15, 0.2) is 5.82 Å². The molecule has 2 aromatic heterocycles. The number of aromatic nitrogens is 2. The van der Waals surface area contributed by atoms with E-state index in [1.165, 1.54) is 43.8 Å². The van der Waals surface area contributed by atoms with Crippen molar-refractivity contribution in [2.24, 2.45) is 0 Å². The van der Waals surface area contributed by atoms with Crippen LogP contribution in [0.5, 0.6) is 0 Å². The van der Waals surface area contributed by atoms with Crippen LogP contribution in [0.25, 0.3) is 93.7 Å². The summed E-state index contributed by atoms with van der Waals surface area (Å²) in [6.07, 6.45) is 8.73. The van der Waals surface area contributed by atoms with E-state index in [0.717, 1.165) is 62.5 Å². The third-order valence-corrected chi connectivity index (χ3v) is 9.93. The van der Waals surface area contributed by atoms with Gasteiger partial charge in [-0.15, -0.1) is 0 Å². The number of hydrogen-bond donors (Lipinski definition) is 0. The number of nitrogens with zero attached hydrogens (tertiary/aromatic N) is 2. The van der Waals surface area contributed by atoms with Gasteiger partial charge in [0, 0.05) is 32.7 Å². The minimum Gasteiger partial charge on any atom is -0.455 e. The lowest BCUT2D eigenvalue weighted by atomic mass is 9.91. The Balaban J connectivity index is 1.11. The van der Waals surface area contributed by atoms with Gasteiger partial charge >= 0.3 is 0 Å². The van der Waals surface area contributed by atoms with Gasteiger partial charge in [-0.1, -0.05) is 127 Å². The molecule has 9 aromatic rings. The van der Waals surface area contributed by atoms with E-state index in [1.54, 1.807) is 0 Å². The summed E-state index contributed by atoms with van der Waals surface area (Å²) in [6, 6.07) is 49.4. The first kappa shape index (κ1) is 27.8. The number of benzene rings is 7. The maximum Gasteiger partial charge on any atom is 0.160 e. The summed E-state index contributed by atoms with van der Waals surface area (Å²) in [5.41, 5.74) is 10.6. The lowest BCUT2D eigenvalue weighted by Crippen LogP contribution is -1.95. The average molecular weight is 627 g/mol. The molecule has 10 rings (SSSR count). The molecule has 0 spiro atoms. The standard InChI is InChI=1S/C46H30N2O/c1-2-11-31(12-3-1)40-27-35-14-6-7-15-37(35)45-43(40)39-25-24-36(28-42(39)49-45)46-47-41-17-9-8-16-38(41)44(48-46)32-21-18-30(19-22-32)34-23-20-29-10-4-5-13-33(29)26-34/h1-2,4-11,13-28H,3,12H2. The Kier molecular flexibility index (Phi) is 6.31. The molecule has 230 valence electrons. The fourth-order valence-corrected chi connectivity index (χ4v) is 7.45. The van der Waals surface area contributed by atoms with Crippen LogP contribution in [0.15, 0.2) is 162 Å². The van der Waals surface area contributed by atoms with E-state index in [9.17, 15) is 0 Å². The third-order valence-electron chi connectivity index (χ3n) is 9.93. The van der Waals surface area contributed by atoms with Crippen LogP contribution < -0.4 is 0 Å². The summed E-state index contributed by atoms with van der Waals surface area (Å²) >= 11 is 0. The van der Waals surface area contributed by atoms with Crippen molar-refractivity contribution < 1.29 is 4.42 Å². The lowest BCUT2D eigenvalue weighted by Gasteiger charge is -2.12. The number of furan rings is 1. The van der Waals surface area contributed by atoms with Gasteiger partial charge in [0.05, 0.1) is 11.2 Å². The molecule has 0 bridgehead atoms. The molecule has 0 saturated heterocycles. The van der Waals surface area contributed by atoms with Crippen molar-refractivity contribution in [3.05, 3.63) is 163 Å². The van der Waals surface area contributed by atoms with E-state index < -0.39 is 0 Å². The van der Waals surface area contributed by atoms with E-state index in [-0.39, 0.29) is 0 Å². The summed E-state index contributed by atoms with van der Waals surface area (Å²) in [6.45, 7) is 0. The Labute approximate surface area is 283 Å². The normalized spacial score (nSPS) is 13.2. The highest BCUT2D eigenvalue weighted by molar-refractivity contribution is 6.19. The third kappa shape index (κ3) is 4.66. The maximum absolute atomic E-state index is 6.74. The summed E-state index contributed by atoms with van der Waals surface area (Å²) < 4.78 is 6.74. The molecule has 0 N–H and O–H groups in total. The Bertz CT molecular complexity index is 2820. The molecule has 49 heavy (non-hydrogen) atoms. The topological polar surface area (TPSA) is 38.9 Å². The number of rotatable bonds is 4. The first-order chi connectivity index (χ1) is 24.3. The zero-order valence-electron chi connectivity index (χ0n) is 26.7. The van der Waals surface area contributed by atoms with Crippen LogP contribution in [-0.4, -0.2) is 9.97 Å². The zero-order valence-corrected chi connectivity index (χ0v) is 26.7. The van der Waals surface area contributed by atoms with Gasteiger partial charge in [0.25, 0.3) is 0 Å². The molecule has 0 atom stereocenters. The van der Waals surface area contributed by atoms with Crippen LogP contribution in [-0.2, 0) is 0 Å². The van der Waals surface area contributed by atoms with Gasteiger partial charge in [-0.3, -0.25) is 0 Å². The SMILES string of the molecule is C1=CCCC(c2cc3ccccc3c3oc4cc(-c5nc(-c6ccc(-c7ccc8ccccc8c7)cc6)c6ccccc6n5)ccc4c23)=C1. The number of hydrogen-bond acceptors (Lipinski definition) is 3. The maximum atomic E-state index is 6.74. The monoisotopic (exact) mass is 626 g/mol. The quantitative estimate of drug-likeness (QED) is 0.195. The smallest absolute Gasteiger partial charge is 0.160 e. The highest BCUT2D eigenvalue weighted by Gasteiger charge is 2.19. The Morgan fingerprint density at radius 1 is 0.531 bits per heavy atom. The van der Waals surface area contributed by atoms with Gasteiger partial charge in [0.1, 0.15) is 11.2 Å². The van der Waals surface area contributed by atoms with Gasteiger partial charge in [-0.25, -0.2) is 9.97 Å². The van der Waals surface area contributed by atoms with Crippen molar-refractivity contribution in [1.29, 1.82) is 0 Å². The molecule has 0 aliphatic heterocycles. The van der Waals surface area contributed by atoms with Crippen LogP contribution in [0, 0.1) is 0 Å². The number of para-hydroxylation sites is 1. The van der Waals surface area contributed by atoms with E-state index >= 15 is 0 Å². The molecular formula is C46H30N2O. The highest BCUT2D eigenvalue weighted by Crippen LogP contribution is 2.42. The Morgan fingerprint density at radius 2 is 1.27 bits per heavy atom. The summed E-state index contributed by atoms with van der Waals surface area (Å²) in [7, 11) is 0. The largest absolute Gasteiger partial charge is 0.455 e. The molecule has 3 heteroatoms. The summed E-state index contributed by atoms with van der Waals surface area (Å²) in [4.78, 5) is 10.3. The molecule has 2 heterocycles. The van der Waals surface area contributed by atoms with E-state index in [4.69, 9.17) is 14.4 Å². The Hall–Kier alpha value is -6.32. The van der Waals surface area contributed by atoms with Gasteiger partial charge < -0.3 is 4.42 Å². The first-order valence-corrected chi connectivity index (χ1v) is 16.9. The second-order valence-electron chi connectivity index (χ2n) is 12.9. The van der Waals surface area contributed by atoms with Crippen LogP contribution in [0.4, 0.5) is 0 Å². The minimum atomic E-state index is 0.680. The van der Waals surface area contributed by atoms with Crippen LogP contribution in [0.1, 0.15) is 18.4 Å². The summed E-state index contributed by atoms with van der Waals surface area (Å²) in [5.74, 6) is 0.680. The van der Waals surface area contributed by atoms with Crippen molar-refractivity contribution in [3.8, 4) is 33.8 Å². The molecule has 0 fully saturated rings. The molecule has 0 amide bonds. The predicted octanol–water partition coefficient (Wildman–Crippen LogP) is 12.6. The second kappa shape index (κ2) is 11.1. The minimum absolute atomic E-state index is 0.680. The molecule has 0 saturated carbocycles. The van der Waals surface area contributed by atoms with Crippen molar-refractivity contribution in [2.75, 3.05) is 0 Å². The second-order valence-corrected chi connectivity index (χ2v) is 12.9. The van der Waals surface area contributed by atoms with Gasteiger partial charge in [-0.05, 0) is 81.6 Å². The van der Waals surface area contributed by atoms with Crippen LogP contribution in [0.2, 0.25) is 0 Å². The predicted molar refractivity (Wildman–Crippen MR) is 204 cm³/mol. The van der Waals surface area contributed by atoms with E-state index in [0.29, 0.717) is 5.82 Å². The molecule has 0 unspecified atom stereocenters. The fourth-order valence-electron chi connectivity index (χ4n) is 7.45. The first-order valence-electron chi connectivity index (χ1n) is 16.9. The van der Waals surface area contributed by atoms with Crippen molar-refractivity contribution in [2.45, 2.75) is 12.8 Å². The fraction of sp³-hybridized carbons (Fsp3) is 0.0435. The highest BCUT2D eigenvalue weighted by atomic mass is 16.3. The lowest BCUT2D eigenvalue weighted by molar-refractivity contribution is 0.672. The van der Waals surface area contributed by atoms with Gasteiger partial charge in [0.2, 0.25) is 0 Å². The average Bonchev–Trinajstić information content (AvgIpc) is 3.57.